The number of ether oxygens (including phenoxy) is 1. The minimum Gasteiger partial charge on any atom is -0.445 e. The van der Waals surface area contributed by atoms with Crippen LogP contribution in [0.25, 0.3) is 0 Å². The summed E-state index contributed by atoms with van der Waals surface area (Å²) in [5.74, 6) is -0.263. The number of hydrogen-bond donors (Lipinski definition) is 0. The quantitative estimate of drug-likeness (QED) is 0.492. The first kappa shape index (κ1) is 12.7. The Morgan fingerprint density at radius 3 is 2.62 bits per heavy atom. The van der Waals surface area contributed by atoms with Gasteiger partial charge in [0.25, 0.3) is 0 Å². The van der Waals surface area contributed by atoms with Gasteiger partial charge in [-0.3, -0.25) is 9.69 Å². The SMILES string of the molecule is CCCCC(Cl)OC(=O)CN(C)C. The molecule has 0 aromatic heterocycles. The molecule has 4 heteroatoms. The fourth-order valence-electron chi connectivity index (χ4n) is 0.862. The summed E-state index contributed by atoms with van der Waals surface area (Å²) in [5, 5.41) is 0. The van der Waals surface area contributed by atoms with E-state index in [1.165, 1.54) is 0 Å². The molecular formula is C9H18ClNO2. The third-order valence-corrected chi connectivity index (χ3v) is 1.80. The van der Waals surface area contributed by atoms with Crippen molar-refractivity contribution in [2.45, 2.75) is 31.7 Å². The van der Waals surface area contributed by atoms with E-state index in [1.54, 1.807) is 4.90 Å². The number of likely N-dealkylation sites (N-methyl/N-ethyl adjacent to an activating group) is 1. The Morgan fingerprint density at radius 2 is 2.15 bits per heavy atom. The molecule has 1 unspecified atom stereocenters. The maximum atomic E-state index is 11.1. The second-order valence-electron chi connectivity index (χ2n) is 3.28. The molecule has 1 atom stereocenters. The van der Waals surface area contributed by atoms with Gasteiger partial charge in [0.1, 0.15) is 0 Å². The molecule has 0 saturated heterocycles. The van der Waals surface area contributed by atoms with Crippen molar-refractivity contribution in [3.05, 3.63) is 0 Å². The summed E-state index contributed by atoms with van der Waals surface area (Å²) in [6, 6.07) is 0. The van der Waals surface area contributed by atoms with E-state index in [4.69, 9.17) is 16.3 Å². The van der Waals surface area contributed by atoms with Crippen LogP contribution in [0.5, 0.6) is 0 Å². The van der Waals surface area contributed by atoms with Gasteiger partial charge in [0.05, 0.1) is 6.54 Å². The summed E-state index contributed by atoms with van der Waals surface area (Å²) in [6.07, 6.45) is 2.79. The Labute approximate surface area is 85.0 Å². The van der Waals surface area contributed by atoms with Crippen LogP contribution in [-0.2, 0) is 9.53 Å². The number of halogens is 1. The van der Waals surface area contributed by atoms with Gasteiger partial charge in [-0.2, -0.15) is 0 Å². The molecule has 0 aliphatic rings. The second kappa shape index (κ2) is 7.15. The van der Waals surface area contributed by atoms with Crippen molar-refractivity contribution >= 4 is 17.6 Å². The van der Waals surface area contributed by atoms with E-state index in [-0.39, 0.29) is 12.5 Å². The van der Waals surface area contributed by atoms with E-state index >= 15 is 0 Å². The van der Waals surface area contributed by atoms with E-state index < -0.39 is 5.56 Å². The minimum absolute atomic E-state index is 0.263. The molecule has 0 heterocycles. The van der Waals surface area contributed by atoms with Gasteiger partial charge in [0.2, 0.25) is 0 Å². The molecule has 0 amide bonds. The van der Waals surface area contributed by atoms with E-state index in [2.05, 4.69) is 6.92 Å². The average Bonchev–Trinajstić information content (AvgIpc) is 1.98. The molecule has 0 saturated carbocycles. The maximum absolute atomic E-state index is 11.1. The zero-order valence-electron chi connectivity index (χ0n) is 8.55. The third-order valence-electron chi connectivity index (χ3n) is 1.49. The molecule has 0 spiro atoms. The lowest BCUT2D eigenvalue weighted by atomic mass is 10.3. The number of carbonyl (C=O) groups is 1. The molecule has 0 radical (unpaired) electrons. The molecule has 0 aromatic rings. The average molecular weight is 208 g/mol. The van der Waals surface area contributed by atoms with Gasteiger partial charge in [-0.25, -0.2) is 0 Å². The van der Waals surface area contributed by atoms with E-state index in [1.807, 2.05) is 14.1 Å². The van der Waals surface area contributed by atoms with Crippen molar-refractivity contribution in [3.63, 3.8) is 0 Å². The Hall–Kier alpha value is -0.280. The van der Waals surface area contributed by atoms with Gasteiger partial charge >= 0.3 is 5.97 Å². The number of alkyl halides is 1. The van der Waals surface area contributed by atoms with Gasteiger partial charge in [0.15, 0.2) is 5.56 Å². The molecule has 0 aromatic carbocycles. The van der Waals surface area contributed by atoms with Gasteiger partial charge in [-0.1, -0.05) is 24.9 Å². The molecule has 0 bridgehead atoms. The lowest BCUT2D eigenvalue weighted by molar-refractivity contribution is -0.146. The van der Waals surface area contributed by atoms with Crippen LogP contribution in [0.2, 0.25) is 0 Å². The number of carbonyl (C=O) groups excluding carboxylic acids is 1. The van der Waals surface area contributed by atoms with Crippen LogP contribution in [-0.4, -0.2) is 37.1 Å². The van der Waals surface area contributed by atoms with E-state index in [0.29, 0.717) is 0 Å². The van der Waals surface area contributed by atoms with Crippen LogP contribution >= 0.6 is 11.6 Å². The smallest absolute Gasteiger partial charge is 0.321 e. The van der Waals surface area contributed by atoms with Crippen LogP contribution in [0.4, 0.5) is 0 Å². The van der Waals surface area contributed by atoms with Crippen molar-refractivity contribution in [3.8, 4) is 0 Å². The van der Waals surface area contributed by atoms with Crippen LogP contribution in [0.1, 0.15) is 26.2 Å². The van der Waals surface area contributed by atoms with Crippen LogP contribution < -0.4 is 0 Å². The first-order chi connectivity index (χ1) is 6.06. The Bertz CT molecular complexity index is 151. The molecular weight excluding hydrogens is 190 g/mol. The van der Waals surface area contributed by atoms with Crippen LogP contribution in [0, 0.1) is 0 Å². The van der Waals surface area contributed by atoms with Crippen molar-refractivity contribution in [2.75, 3.05) is 20.6 Å². The Balaban J connectivity index is 3.53. The van der Waals surface area contributed by atoms with Gasteiger partial charge in [-0.15, -0.1) is 0 Å². The monoisotopic (exact) mass is 207 g/mol. The molecule has 78 valence electrons. The molecule has 0 rings (SSSR count). The highest BCUT2D eigenvalue weighted by Crippen LogP contribution is 2.08. The highest BCUT2D eigenvalue weighted by Gasteiger charge is 2.10. The predicted molar refractivity (Wildman–Crippen MR) is 53.8 cm³/mol. The Morgan fingerprint density at radius 1 is 1.54 bits per heavy atom. The molecule has 0 aliphatic heterocycles. The largest absolute Gasteiger partial charge is 0.445 e. The minimum atomic E-state index is -0.465. The van der Waals surface area contributed by atoms with Crippen LogP contribution in [0.3, 0.4) is 0 Å². The predicted octanol–water partition coefficient (Wildman–Crippen LogP) is 1.85. The summed E-state index contributed by atoms with van der Waals surface area (Å²) >= 11 is 5.78. The first-order valence-corrected chi connectivity index (χ1v) is 4.98. The summed E-state index contributed by atoms with van der Waals surface area (Å²) < 4.78 is 4.95. The standard InChI is InChI=1S/C9H18ClNO2/c1-4-5-6-8(10)13-9(12)7-11(2)3/h8H,4-7H2,1-3H3. The second-order valence-corrected chi connectivity index (χ2v) is 3.77. The normalized spacial score (nSPS) is 13.0. The van der Waals surface area contributed by atoms with Gasteiger partial charge in [-0.05, 0) is 26.9 Å². The van der Waals surface area contributed by atoms with Crippen molar-refractivity contribution in [1.82, 2.24) is 4.90 Å². The van der Waals surface area contributed by atoms with Crippen LogP contribution in [0.15, 0.2) is 0 Å². The van der Waals surface area contributed by atoms with E-state index in [0.717, 1.165) is 19.3 Å². The fraction of sp³-hybridized carbons (Fsp3) is 0.889. The maximum Gasteiger partial charge on any atom is 0.321 e. The zero-order chi connectivity index (χ0) is 10.3. The lowest BCUT2D eigenvalue weighted by Gasteiger charge is -2.13. The summed E-state index contributed by atoms with van der Waals surface area (Å²) in [5.41, 5.74) is -0.465. The fourth-order valence-corrected chi connectivity index (χ4v) is 1.12. The molecule has 13 heavy (non-hydrogen) atoms. The summed E-state index contributed by atoms with van der Waals surface area (Å²) in [7, 11) is 3.63. The number of nitrogens with zero attached hydrogens (tertiary/aromatic N) is 1. The number of rotatable bonds is 6. The van der Waals surface area contributed by atoms with E-state index in [9.17, 15) is 4.79 Å². The summed E-state index contributed by atoms with van der Waals surface area (Å²) in [4.78, 5) is 12.8. The molecule has 3 nitrogen and oxygen atoms in total. The first-order valence-electron chi connectivity index (χ1n) is 4.54. The number of hydrogen-bond acceptors (Lipinski definition) is 3. The highest BCUT2D eigenvalue weighted by atomic mass is 35.5. The highest BCUT2D eigenvalue weighted by molar-refractivity contribution is 6.20. The van der Waals surface area contributed by atoms with Gasteiger partial charge in [0, 0.05) is 0 Å². The van der Waals surface area contributed by atoms with Crippen molar-refractivity contribution < 1.29 is 9.53 Å². The molecule has 0 fully saturated rings. The van der Waals surface area contributed by atoms with Crippen molar-refractivity contribution in [1.29, 1.82) is 0 Å². The molecule has 0 aliphatic carbocycles. The van der Waals surface area contributed by atoms with Gasteiger partial charge < -0.3 is 4.74 Å². The van der Waals surface area contributed by atoms with Crippen molar-refractivity contribution in [2.24, 2.45) is 0 Å². The Kier molecular flexibility index (Phi) is 7.00. The number of esters is 1. The topological polar surface area (TPSA) is 29.5 Å². The lowest BCUT2D eigenvalue weighted by Crippen LogP contribution is -2.25. The summed E-state index contributed by atoms with van der Waals surface area (Å²) in [6.45, 7) is 2.36. The molecule has 0 N–H and O–H groups in total. The zero-order valence-corrected chi connectivity index (χ0v) is 9.30. The number of unbranched alkanes of at least 4 members (excludes halogenated alkanes) is 1. The third kappa shape index (κ3) is 8.06.